The molecule has 0 radical (unpaired) electrons. The quantitative estimate of drug-likeness (QED) is 0.654. The molecule has 2 aromatic rings. The third kappa shape index (κ3) is 2.75. The SMILES string of the molecule is CCn1nc(C)c(Br)c1CC(NN)c1ccoc1C. The van der Waals surface area contributed by atoms with E-state index in [-0.39, 0.29) is 6.04 Å². The van der Waals surface area contributed by atoms with Crippen LogP contribution in [0.3, 0.4) is 0 Å². The molecular formula is C13H19BrN4O. The predicted molar refractivity (Wildman–Crippen MR) is 77.6 cm³/mol. The molecule has 0 amide bonds. The van der Waals surface area contributed by atoms with Crippen LogP contribution in [-0.4, -0.2) is 9.78 Å². The summed E-state index contributed by atoms with van der Waals surface area (Å²) in [5, 5.41) is 4.50. The Hall–Kier alpha value is -1.11. The summed E-state index contributed by atoms with van der Waals surface area (Å²) >= 11 is 3.61. The maximum Gasteiger partial charge on any atom is 0.105 e. The average Bonchev–Trinajstić information content (AvgIpc) is 2.93. The first-order valence-corrected chi connectivity index (χ1v) is 7.09. The zero-order valence-electron chi connectivity index (χ0n) is 11.4. The molecule has 0 aliphatic carbocycles. The number of nitrogens with zero attached hydrogens (tertiary/aromatic N) is 2. The molecule has 5 nitrogen and oxygen atoms in total. The number of hydrazine groups is 1. The van der Waals surface area contributed by atoms with Crippen molar-refractivity contribution in [2.45, 2.75) is 39.8 Å². The van der Waals surface area contributed by atoms with Crippen LogP contribution in [0.15, 0.2) is 21.2 Å². The number of nitrogens with one attached hydrogen (secondary N) is 1. The average molecular weight is 327 g/mol. The van der Waals surface area contributed by atoms with E-state index in [1.807, 2.05) is 24.6 Å². The molecule has 0 aliphatic heterocycles. The van der Waals surface area contributed by atoms with E-state index >= 15 is 0 Å². The number of aryl methyl sites for hydroxylation is 3. The van der Waals surface area contributed by atoms with Crippen molar-refractivity contribution >= 4 is 15.9 Å². The van der Waals surface area contributed by atoms with Gasteiger partial charge in [0.15, 0.2) is 0 Å². The van der Waals surface area contributed by atoms with Gasteiger partial charge in [-0.1, -0.05) is 0 Å². The summed E-state index contributed by atoms with van der Waals surface area (Å²) in [4.78, 5) is 0. The van der Waals surface area contributed by atoms with Crippen molar-refractivity contribution in [3.8, 4) is 0 Å². The number of nitrogens with two attached hydrogens (primary N) is 1. The van der Waals surface area contributed by atoms with Crippen molar-refractivity contribution in [1.82, 2.24) is 15.2 Å². The Labute approximate surface area is 121 Å². The lowest BCUT2D eigenvalue weighted by atomic mass is 10.0. The first-order valence-electron chi connectivity index (χ1n) is 6.30. The molecule has 104 valence electrons. The minimum atomic E-state index is 0.0106. The Morgan fingerprint density at radius 2 is 2.26 bits per heavy atom. The molecule has 0 saturated carbocycles. The van der Waals surface area contributed by atoms with Gasteiger partial charge in [-0.3, -0.25) is 16.0 Å². The van der Waals surface area contributed by atoms with Gasteiger partial charge in [0.05, 0.1) is 28.2 Å². The lowest BCUT2D eigenvalue weighted by Crippen LogP contribution is -2.30. The fourth-order valence-corrected chi connectivity index (χ4v) is 2.72. The normalized spacial score (nSPS) is 12.9. The topological polar surface area (TPSA) is 69.0 Å². The summed E-state index contributed by atoms with van der Waals surface area (Å²) in [6.07, 6.45) is 2.44. The van der Waals surface area contributed by atoms with Gasteiger partial charge in [0, 0.05) is 18.5 Å². The van der Waals surface area contributed by atoms with Crippen LogP contribution in [0.5, 0.6) is 0 Å². The van der Waals surface area contributed by atoms with Crippen molar-refractivity contribution < 1.29 is 4.42 Å². The zero-order valence-corrected chi connectivity index (χ0v) is 13.0. The van der Waals surface area contributed by atoms with Crippen LogP contribution in [0.4, 0.5) is 0 Å². The van der Waals surface area contributed by atoms with Crippen LogP contribution in [-0.2, 0) is 13.0 Å². The molecule has 2 aromatic heterocycles. The number of hydrogen-bond donors (Lipinski definition) is 2. The highest BCUT2D eigenvalue weighted by Gasteiger charge is 2.20. The number of hydrogen-bond acceptors (Lipinski definition) is 4. The van der Waals surface area contributed by atoms with E-state index in [0.29, 0.717) is 0 Å². The number of halogens is 1. The first-order chi connectivity index (χ1) is 9.08. The fraction of sp³-hybridized carbons (Fsp3) is 0.462. The molecule has 2 rings (SSSR count). The van der Waals surface area contributed by atoms with Gasteiger partial charge < -0.3 is 4.42 Å². The van der Waals surface area contributed by atoms with Crippen LogP contribution >= 0.6 is 15.9 Å². The third-order valence-corrected chi connectivity index (χ3v) is 4.36. The summed E-state index contributed by atoms with van der Waals surface area (Å²) in [5.41, 5.74) is 6.08. The molecule has 3 N–H and O–H groups in total. The maximum absolute atomic E-state index is 5.69. The van der Waals surface area contributed by atoms with Crippen molar-refractivity contribution in [2.75, 3.05) is 0 Å². The highest BCUT2D eigenvalue weighted by Crippen LogP contribution is 2.27. The number of rotatable bonds is 5. The fourth-order valence-electron chi connectivity index (χ4n) is 2.27. The number of furan rings is 1. The second-order valence-corrected chi connectivity index (χ2v) is 5.31. The van der Waals surface area contributed by atoms with Gasteiger partial charge in [-0.15, -0.1) is 0 Å². The van der Waals surface area contributed by atoms with E-state index in [4.69, 9.17) is 10.3 Å². The molecule has 2 heterocycles. The Morgan fingerprint density at radius 3 is 2.79 bits per heavy atom. The van der Waals surface area contributed by atoms with Gasteiger partial charge in [0.25, 0.3) is 0 Å². The van der Waals surface area contributed by atoms with Gasteiger partial charge in [-0.25, -0.2) is 0 Å². The minimum Gasteiger partial charge on any atom is -0.469 e. The van der Waals surface area contributed by atoms with E-state index < -0.39 is 0 Å². The van der Waals surface area contributed by atoms with E-state index in [9.17, 15) is 0 Å². The summed E-state index contributed by atoms with van der Waals surface area (Å²) in [7, 11) is 0. The molecule has 6 heteroatoms. The third-order valence-electron chi connectivity index (χ3n) is 3.33. The molecule has 0 spiro atoms. The maximum atomic E-state index is 5.69. The molecular weight excluding hydrogens is 308 g/mol. The van der Waals surface area contributed by atoms with E-state index in [0.717, 1.165) is 40.1 Å². The molecule has 0 aromatic carbocycles. The summed E-state index contributed by atoms with van der Waals surface area (Å²) in [6, 6.07) is 1.96. The van der Waals surface area contributed by atoms with Crippen molar-refractivity contribution in [3.63, 3.8) is 0 Å². The largest absolute Gasteiger partial charge is 0.469 e. The molecule has 0 saturated heterocycles. The molecule has 1 unspecified atom stereocenters. The molecule has 0 fully saturated rings. The monoisotopic (exact) mass is 326 g/mol. The minimum absolute atomic E-state index is 0.0106. The van der Waals surface area contributed by atoms with E-state index in [2.05, 4.69) is 33.4 Å². The molecule has 1 atom stereocenters. The van der Waals surface area contributed by atoms with Gasteiger partial charge in [0.1, 0.15) is 5.76 Å². The molecule has 0 aliphatic rings. The van der Waals surface area contributed by atoms with Crippen LogP contribution in [0.1, 0.15) is 35.7 Å². The van der Waals surface area contributed by atoms with Crippen LogP contribution in [0.2, 0.25) is 0 Å². The van der Waals surface area contributed by atoms with E-state index in [1.54, 1.807) is 6.26 Å². The van der Waals surface area contributed by atoms with Crippen molar-refractivity contribution in [3.05, 3.63) is 39.5 Å². The Kier molecular flexibility index (Phi) is 4.44. The van der Waals surface area contributed by atoms with Crippen LogP contribution in [0.25, 0.3) is 0 Å². The Balaban J connectivity index is 2.31. The smallest absolute Gasteiger partial charge is 0.105 e. The standard InChI is InChI=1S/C13H19BrN4O/c1-4-18-12(13(14)8(2)17-18)7-11(16-15)10-5-6-19-9(10)3/h5-6,11,16H,4,7,15H2,1-3H3. The first kappa shape index (κ1) is 14.3. The molecule has 19 heavy (non-hydrogen) atoms. The number of aromatic nitrogens is 2. The van der Waals surface area contributed by atoms with Gasteiger partial charge >= 0.3 is 0 Å². The van der Waals surface area contributed by atoms with Gasteiger partial charge in [-0.2, -0.15) is 5.10 Å². The van der Waals surface area contributed by atoms with Gasteiger partial charge in [0.2, 0.25) is 0 Å². The van der Waals surface area contributed by atoms with Gasteiger partial charge in [-0.05, 0) is 42.8 Å². The summed E-state index contributed by atoms with van der Waals surface area (Å²) < 4.78 is 8.40. The van der Waals surface area contributed by atoms with Crippen molar-refractivity contribution in [2.24, 2.45) is 5.84 Å². The Bertz CT molecular complexity index is 561. The van der Waals surface area contributed by atoms with Crippen molar-refractivity contribution in [1.29, 1.82) is 0 Å². The lowest BCUT2D eigenvalue weighted by molar-refractivity contribution is 0.488. The Morgan fingerprint density at radius 1 is 1.53 bits per heavy atom. The summed E-state index contributed by atoms with van der Waals surface area (Å²) in [6.45, 7) is 6.85. The second-order valence-electron chi connectivity index (χ2n) is 4.52. The second kappa shape index (κ2) is 5.90. The highest BCUT2D eigenvalue weighted by atomic mass is 79.9. The van der Waals surface area contributed by atoms with Crippen LogP contribution < -0.4 is 11.3 Å². The summed E-state index contributed by atoms with van der Waals surface area (Å²) in [5.74, 6) is 6.58. The zero-order chi connectivity index (χ0) is 14.0. The predicted octanol–water partition coefficient (Wildman–Crippen LogP) is 2.62. The van der Waals surface area contributed by atoms with Crippen LogP contribution in [0, 0.1) is 13.8 Å². The lowest BCUT2D eigenvalue weighted by Gasteiger charge is -2.16. The molecule has 0 bridgehead atoms. The van der Waals surface area contributed by atoms with E-state index in [1.165, 1.54) is 0 Å². The highest BCUT2D eigenvalue weighted by molar-refractivity contribution is 9.10.